The highest BCUT2D eigenvalue weighted by Gasteiger charge is 2.31. The van der Waals surface area contributed by atoms with E-state index in [0.29, 0.717) is 26.2 Å². The molecule has 2 aromatic rings. The summed E-state index contributed by atoms with van der Waals surface area (Å²) in [6.07, 6.45) is -0.0898. The van der Waals surface area contributed by atoms with Crippen LogP contribution in [0.4, 0.5) is 4.79 Å². The van der Waals surface area contributed by atoms with Crippen LogP contribution in [0.2, 0.25) is 0 Å². The molecule has 2 aromatic carbocycles. The molecule has 0 bridgehead atoms. The van der Waals surface area contributed by atoms with E-state index in [4.69, 9.17) is 9.47 Å². The van der Waals surface area contributed by atoms with Gasteiger partial charge in [-0.3, -0.25) is 14.9 Å². The molecular weight excluding hydrogens is 416 g/mol. The Morgan fingerprint density at radius 3 is 2.48 bits per heavy atom. The number of hydrogen-bond acceptors (Lipinski definition) is 7. The van der Waals surface area contributed by atoms with Crippen molar-refractivity contribution in [2.75, 3.05) is 19.8 Å². The number of carbonyl (C=O) groups is 2. The molecule has 0 saturated carbocycles. The van der Waals surface area contributed by atoms with Gasteiger partial charge in [-0.15, -0.1) is 0 Å². The van der Waals surface area contributed by atoms with Gasteiger partial charge in [0.1, 0.15) is 12.4 Å². The molecule has 3 unspecified atom stereocenters. The largest absolute Gasteiger partial charge is 0.492 e. The summed E-state index contributed by atoms with van der Waals surface area (Å²) < 4.78 is 11.3. The van der Waals surface area contributed by atoms with Gasteiger partial charge in [0.2, 0.25) is 5.91 Å². The van der Waals surface area contributed by atoms with Crippen molar-refractivity contribution in [1.82, 2.24) is 10.6 Å². The number of rotatable bonds is 12. The number of amides is 2. The van der Waals surface area contributed by atoms with Gasteiger partial charge in [-0.1, -0.05) is 54.2 Å². The number of carbonyl (C=O) groups excluding carboxylic acids is 2. The second-order valence-corrected chi connectivity index (χ2v) is 8.68. The van der Waals surface area contributed by atoms with Crippen LogP contribution in [0.15, 0.2) is 54.6 Å². The van der Waals surface area contributed by atoms with E-state index in [1.807, 2.05) is 61.5 Å². The monoisotopic (exact) mass is 444 g/mol. The fourth-order valence-corrected chi connectivity index (χ4v) is 3.89. The van der Waals surface area contributed by atoms with Crippen molar-refractivity contribution in [2.45, 2.75) is 37.3 Å². The highest BCUT2D eigenvalue weighted by Crippen LogP contribution is 2.23. The molecule has 0 aromatic heterocycles. The Kier molecular flexibility index (Phi) is 8.90. The SMILES string of the molecule is CC(COc1ccc(CC2SC(=O)NC2=O)cc1)NCC(O)COCc1ccccc1. The average molecular weight is 445 g/mol. The molecular formula is C23H28N2O5S. The van der Waals surface area contributed by atoms with Crippen LogP contribution in [0.25, 0.3) is 0 Å². The number of aliphatic hydroxyl groups excluding tert-OH is 1. The molecule has 31 heavy (non-hydrogen) atoms. The number of nitrogens with one attached hydrogen (secondary N) is 2. The fraction of sp³-hybridized carbons (Fsp3) is 0.391. The number of imide groups is 1. The van der Waals surface area contributed by atoms with Crippen molar-refractivity contribution >= 4 is 22.9 Å². The normalized spacial score (nSPS) is 17.9. The molecule has 1 heterocycles. The molecule has 166 valence electrons. The average Bonchev–Trinajstić information content (AvgIpc) is 3.09. The predicted octanol–water partition coefficient (Wildman–Crippen LogP) is 2.52. The van der Waals surface area contributed by atoms with Gasteiger partial charge >= 0.3 is 0 Å². The van der Waals surface area contributed by atoms with E-state index in [-0.39, 0.29) is 29.0 Å². The summed E-state index contributed by atoms with van der Waals surface area (Å²) in [5.74, 6) is 0.492. The summed E-state index contributed by atoms with van der Waals surface area (Å²) in [5, 5.41) is 14.9. The Bertz CT molecular complexity index is 847. The first kappa shape index (κ1) is 23.3. The van der Waals surface area contributed by atoms with Crippen molar-refractivity contribution in [2.24, 2.45) is 0 Å². The van der Waals surface area contributed by atoms with Crippen molar-refractivity contribution in [3.05, 3.63) is 65.7 Å². The zero-order chi connectivity index (χ0) is 22.1. The smallest absolute Gasteiger partial charge is 0.286 e. The van der Waals surface area contributed by atoms with E-state index < -0.39 is 6.10 Å². The van der Waals surface area contributed by atoms with Gasteiger partial charge in [-0.05, 0) is 36.6 Å². The lowest BCUT2D eigenvalue weighted by molar-refractivity contribution is -0.118. The molecule has 3 rings (SSSR count). The molecule has 0 spiro atoms. The zero-order valence-electron chi connectivity index (χ0n) is 17.5. The van der Waals surface area contributed by atoms with E-state index in [1.165, 1.54) is 0 Å². The first-order valence-corrected chi connectivity index (χ1v) is 11.1. The van der Waals surface area contributed by atoms with Crippen molar-refractivity contribution in [3.8, 4) is 5.75 Å². The van der Waals surface area contributed by atoms with Gasteiger partial charge in [0, 0.05) is 12.6 Å². The van der Waals surface area contributed by atoms with Crippen LogP contribution in [-0.2, 0) is 22.6 Å². The molecule has 1 aliphatic heterocycles. The zero-order valence-corrected chi connectivity index (χ0v) is 18.3. The molecule has 1 aliphatic rings. The number of benzene rings is 2. The van der Waals surface area contributed by atoms with Crippen LogP contribution in [0.1, 0.15) is 18.1 Å². The summed E-state index contributed by atoms with van der Waals surface area (Å²) in [7, 11) is 0. The van der Waals surface area contributed by atoms with Gasteiger partial charge in [0.25, 0.3) is 5.24 Å². The molecule has 3 N–H and O–H groups in total. The Morgan fingerprint density at radius 1 is 1.06 bits per heavy atom. The first-order chi connectivity index (χ1) is 15.0. The third kappa shape index (κ3) is 7.99. The lowest BCUT2D eigenvalue weighted by atomic mass is 10.1. The van der Waals surface area contributed by atoms with E-state index >= 15 is 0 Å². The Hall–Kier alpha value is -2.39. The molecule has 1 fully saturated rings. The van der Waals surface area contributed by atoms with Crippen molar-refractivity contribution in [1.29, 1.82) is 0 Å². The summed E-state index contributed by atoms with van der Waals surface area (Å²) in [4.78, 5) is 22.9. The van der Waals surface area contributed by atoms with E-state index in [9.17, 15) is 14.7 Å². The van der Waals surface area contributed by atoms with E-state index in [2.05, 4.69) is 10.6 Å². The molecule has 2 amide bonds. The summed E-state index contributed by atoms with van der Waals surface area (Å²) in [6, 6.07) is 17.4. The van der Waals surface area contributed by atoms with Gasteiger partial charge in [-0.2, -0.15) is 0 Å². The summed E-state index contributed by atoms with van der Waals surface area (Å²) >= 11 is 1.03. The van der Waals surface area contributed by atoms with Gasteiger partial charge in [-0.25, -0.2) is 0 Å². The van der Waals surface area contributed by atoms with Gasteiger partial charge in [0.15, 0.2) is 0 Å². The van der Waals surface area contributed by atoms with Crippen LogP contribution < -0.4 is 15.4 Å². The second kappa shape index (κ2) is 11.9. The summed E-state index contributed by atoms with van der Waals surface area (Å²) in [6.45, 7) is 3.59. The molecule has 1 saturated heterocycles. The molecule has 8 heteroatoms. The topological polar surface area (TPSA) is 96.9 Å². The van der Waals surface area contributed by atoms with Gasteiger partial charge in [0.05, 0.1) is 24.6 Å². The minimum Gasteiger partial charge on any atom is -0.492 e. The van der Waals surface area contributed by atoms with Gasteiger partial charge < -0.3 is 19.9 Å². The highest BCUT2D eigenvalue weighted by molar-refractivity contribution is 8.15. The molecule has 0 radical (unpaired) electrons. The maximum atomic E-state index is 11.7. The molecule has 3 atom stereocenters. The van der Waals surface area contributed by atoms with Crippen LogP contribution in [0.5, 0.6) is 5.75 Å². The van der Waals surface area contributed by atoms with Crippen LogP contribution in [-0.4, -0.2) is 53.4 Å². The lowest BCUT2D eigenvalue weighted by Gasteiger charge is -2.18. The fourth-order valence-electron chi connectivity index (χ4n) is 3.03. The minimum absolute atomic E-state index is 0.0491. The Balaban J connectivity index is 1.30. The van der Waals surface area contributed by atoms with Crippen molar-refractivity contribution in [3.63, 3.8) is 0 Å². The quantitative estimate of drug-likeness (QED) is 0.463. The third-order valence-corrected chi connectivity index (χ3v) is 5.72. The second-order valence-electron chi connectivity index (χ2n) is 7.51. The maximum Gasteiger partial charge on any atom is 0.286 e. The number of ether oxygens (including phenoxy) is 2. The van der Waals surface area contributed by atoms with E-state index in [1.54, 1.807) is 0 Å². The standard InChI is InChI=1S/C23H28N2O5S/c1-16(24-12-19(26)15-29-14-18-5-3-2-4-6-18)13-30-20-9-7-17(8-10-20)11-21-22(27)25-23(28)31-21/h2-10,16,19,21,24,26H,11-15H2,1H3,(H,25,27,28). The number of aliphatic hydroxyl groups is 1. The third-order valence-electron chi connectivity index (χ3n) is 4.74. The lowest BCUT2D eigenvalue weighted by Crippen LogP contribution is -2.38. The highest BCUT2D eigenvalue weighted by atomic mass is 32.2. The summed E-state index contributed by atoms with van der Waals surface area (Å²) in [5.41, 5.74) is 2.05. The first-order valence-electron chi connectivity index (χ1n) is 10.3. The molecule has 7 nitrogen and oxygen atoms in total. The maximum absolute atomic E-state index is 11.7. The van der Waals surface area contributed by atoms with Crippen LogP contribution >= 0.6 is 11.8 Å². The molecule has 0 aliphatic carbocycles. The Morgan fingerprint density at radius 2 is 1.81 bits per heavy atom. The minimum atomic E-state index is -0.594. The Labute approximate surface area is 186 Å². The number of hydrogen-bond donors (Lipinski definition) is 3. The van der Waals surface area contributed by atoms with Crippen LogP contribution in [0.3, 0.4) is 0 Å². The van der Waals surface area contributed by atoms with E-state index in [0.717, 1.165) is 28.6 Å². The van der Waals surface area contributed by atoms with Crippen molar-refractivity contribution < 1.29 is 24.2 Å². The number of thioether (sulfide) groups is 1. The predicted molar refractivity (Wildman–Crippen MR) is 120 cm³/mol. The van der Waals surface area contributed by atoms with Crippen LogP contribution in [0, 0.1) is 0 Å².